The number of rotatable bonds is 9. The summed E-state index contributed by atoms with van der Waals surface area (Å²) in [4.78, 5) is 34.5. The summed E-state index contributed by atoms with van der Waals surface area (Å²) >= 11 is 0. The predicted molar refractivity (Wildman–Crippen MR) is 96.1 cm³/mol. The quantitative estimate of drug-likeness (QED) is 0.288. The topological polar surface area (TPSA) is 105 Å². The molecule has 0 saturated carbocycles. The SMILES string of the molecule is CCOc1ccc(C(=O)[C@H](C)OC(=O)COc2ccccc2[N+](=O)[O-])cc1. The number of hydrogen-bond acceptors (Lipinski definition) is 7. The molecule has 8 nitrogen and oxygen atoms in total. The van der Waals surface area contributed by atoms with Crippen LogP contribution in [0.3, 0.4) is 0 Å². The fourth-order valence-corrected chi connectivity index (χ4v) is 2.27. The average molecular weight is 373 g/mol. The largest absolute Gasteiger partial charge is 0.494 e. The van der Waals surface area contributed by atoms with E-state index in [2.05, 4.69) is 0 Å². The van der Waals surface area contributed by atoms with Crippen molar-refractivity contribution in [3.05, 3.63) is 64.2 Å². The molecule has 0 fully saturated rings. The normalized spacial score (nSPS) is 11.3. The Morgan fingerprint density at radius 1 is 1.07 bits per heavy atom. The summed E-state index contributed by atoms with van der Waals surface area (Å²) < 4.78 is 15.5. The van der Waals surface area contributed by atoms with E-state index < -0.39 is 23.6 Å². The Labute approximate surface area is 155 Å². The zero-order valence-electron chi connectivity index (χ0n) is 14.9. The number of esters is 1. The summed E-state index contributed by atoms with van der Waals surface area (Å²) in [5.41, 5.74) is 0.113. The molecule has 0 aliphatic rings. The molecule has 0 amide bonds. The Kier molecular flexibility index (Phi) is 6.87. The molecule has 0 unspecified atom stereocenters. The van der Waals surface area contributed by atoms with Crippen LogP contribution in [0.15, 0.2) is 48.5 Å². The lowest BCUT2D eigenvalue weighted by Crippen LogP contribution is -2.27. The second-order valence-electron chi connectivity index (χ2n) is 5.47. The van der Waals surface area contributed by atoms with E-state index in [9.17, 15) is 19.7 Å². The van der Waals surface area contributed by atoms with Gasteiger partial charge in [-0.05, 0) is 44.2 Å². The van der Waals surface area contributed by atoms with Crippen molar-refractivity contribution in [3.8, 4) is 11.5 Å². The number of nitro benzene ring substituents is 1. The van der Waals surface area contributed by atoms with Gasteiger partial charge >= 0.3 is 11.7 Å². The van der Waals surface area contributed by atoms with Crippen molar-refractivity contribution in [1.29, 1.82) is 0 Å². The van der Waals surface area contributed by atoms with Crippen molar-refractivity contribution in [1.82, 2.24) is 0 Å². The summed E-state index contributed by atoms with van der Waals surface area (Å²) in [5, 5.41) is 10.9. The van der Waals surface area contributed by atoms with Gasteiger partial charge in [0.25, 0.3) is 0 Å². The van der Waals surface area contributed by atoms with Crippen molar-refractivity contribution >= 4 is 17.4 Å². The highest BCUT2D eigenvalue weighted by Gasteiger charge is 2.21. The summed E-state index contributed by atoms with van der Waals surface area (Å²) in [5.74, 6) is -0.599. The molecule has 0 aromatic heterocycles. The fraction of sp³-hybridized carbons (Fsp3) is 0.263. The van der Waals surface area contributed by atoms with Crippen molar-refractivity contribution in [3.63, 3.8) is 0 Å². The maximum atomic E-state index is 12.3. The van der Waals surface area contributed by atoms with Gasteiger partial charge in [0.2, 0.25) is 5.78 Å². The minimum absolute atomic E-state index is 0.0510. The first kappa shape index (κ1) is 19.9. The maximum Gasteiger partial charge on any atom is 0.344 e. The lowest BCUT2D eigenvalue weighted by Gasteiger charge is -2.13. The first-order chi connectivity index (χ1) is 12.9. The summed E-state index contributed by atoms with van der Waals surface area (Å²) in [6, 6.07) is 12.2. The second-order valence-corrected chi connectivity index (χ2v) is 5.47. The predicted octanol–water partition coefficient (Wildman–Crippen LogP) is 3.19. The highest BCUT2D eigenvalue weighted by atomic mass is 16.6. The summed E-state index contributed by atoms with van der Waals surface area (Å²) in [6.45, 7) is 3.26. The van der Waals surface area contributed by atoms with Crippen molar-refractivity contribution in [2.75, 3.05) is 13.2 Å². The third-order valence-electron chi connectivity index (χ3n) is 3.53. The molecular weight excluding hydrogens is 354 g/mol. The van der Waals surface area contributed by atoms with Gasteiger partial charge in [0.15, 0.2) is 18.5 Å². The van der Waals surface area contributed by atoms with Gasteiger partial charge in [0.1, 0.15) is 5.75 Å². The van der Waals surface area contributed by atoms with Gasteiger partial charge in [-0.3, -0.25) is 14.9 Å². The summed E-state index contributed by atoms with van der Waals surface area (Å²) in [6.07, 6.45) is -1.02. The van der Waals surface area contributed by atoms with Crippen molar-refractivity contribution in [2.45, 2.75) is 20.0 Å². The Morgan fingerprint density at radius 3 is 2.37 bits per heavy atom. The van der Waals surface area contributed by atoms with Gasteiger partial charge in [-0.15, -0.1) is 0 Å². The molecule has 0 bridgehead atoms. The number of benzene rings is 2. The summed E-state index contributed by atoms with van der Waals surface area (Å²) in [7, 11) is 0. The molecule has 0 spiro atoms. The first-order valence-electron chi connectivity index (χ1n) is 8.25. The minimum atomic E-state index is -1.02. The second kappa shape index (κ2) is 9.33. The molecule has 2 rings (SSSR count). The molecule has 2 aromatic carbocycles. The van der Waals surface area contributed by atoms with Crippen LogP contribution in [0.1, 0.15) is 24.2 Å². The van der Waals surface area contributed by atoms with E-state index in [1.54, 1.807) is 30.3 Å². The van der Waals surface area contributed by atoms with Crippen LogP contribution in [0, 0.1) is 10.1 Å². The zero-order valence-corrected chi connectivity index (χ0v) is 14.9. The van der Waals surface area contributed by atoms with Crippen LogP contribution >= 0.6 is 0 Å². The number of carbonyl (C=O) groups excluding carboxylic acids is 2. The van der Waals surface area contributed by atoms with Crippen LogP contribution in [0.2, 0.25) is 0 Å². The molecule has 0 radical (unpaired) electrons. The van der Waals surface area contributed by atoms with E-state index in [-0.39, 0.29) is 17.2 Å². The number of nitrogens with zero attached hydrogens (tertiary/aromatic N) is 1. The van der Waals surface area contributed by atoms with Gasteiger partial charge in [0.05, 0.1) is 11.5 Å². The number of ketones is 1. The van der Waals surface area contributed by atoms with Gasteiger partial charge < -0.3 is 14.2 Å². The number of nitro groups is 1. The molecule has 0 aliphatic heterocycles. The number of ether oxygens (including phenoxy) is 3. The molecule has 27 heavy (non-hydrogen) atoms. The van der Waals surface area contributed by atoms with Crippen LogP contribution in [0.5, 0.6) is 11.5 Å². The number of para-hydroxylation sites is 2. The maximum absolute atomic E-state index is 12.3. The van der Waals surface area contributed by atoms with E-state index in [4.69, 9.17) is 14.2 Å². The molecule has 1 atom stereocenters. The molecule has 142 valence electrons. The van der Waals surface area contributed by atoms with Crippen LogP contribution in [0.25, 0.3) is 0 Å². The van der Waals surface area contributed by atoms with E-state index in [1.807, 2.05) is 6.92 Å². The Hall–Kier alpha value is -3.42. The van der Waals surface area contributed by atoms with E-state index in [0.717, 1.165) is 0 Å². The Bertz CT molecular complexity index is 817. The molecular formula is C19H19NO7. The molecule has 8 heteroatoms. The smallest absolute Gasteiger partial charge is 0.344 e. The minimum Gasteiger partial charge on any atom is -0.494 e. The number of Topliss-reactive ketones (excluding diaryl/α,β-unsaturated/α-hetero) is 1. The molecule has 0 saturated heterocycles. The zero-order chi connectivity index (χ0) is 19.8. The third-order valence-corrected chi connectivity index (χ3v) is 3.53. The molecule has 0 aliphatic carbocycles. The third kappa shape index (κ3) is 5.53. The number of hydrogen-bond donors (Lipinski definition) is 0. The Morgan fingerprint density at radius 2 is 1.74 bits per heavy atom. The highest BCUT2D eigenvalue weighted by Crippen LogP contribution is 2.25. The van der Waals surface area contributed by atoms with Crippen LogP contribution < -0.4 is 9.47 Å². The first-order valence-corrected chi connectivity index (χ1v) is 8.25. The molecule has 0 N–H and O–H groups in total. The van der Waals surface area contributed by atoms with Gasteiger partial charge in [-0.2, -0.15) is 0 Å². The van der Waals surface area contributed by atoms with Crippen LogP contribution in [-0.2, 0) is 9.53 Å². The monoisotopic (exact) mass is 373 g/mol. The van der Waals surface area contributed by atoms with Crippen molar-refractivity contribution < 1.29 is 28.7 Å². The Balaban J connectivity index is 1.91. The highest BCUT2D eigenvalue weighted by molar-refractivity contribution is 6.00. The van der Waals surface area contributed by atoms with Gasteiger partial charge in [-0.1, -0.05) is 12.1 Å². The average Bonchev–Trinajstić information content (AvgIpc) is 2.66. The number of carbonyl (C=O) groups is 2. The lowest BCUT2D eigenvalue weighted by molar-refractivity contribution is -0.385. The van der Waals surface area contributed by atoms with E-state index in [1.165, 1.54) is 25.1 Å². The standard InChI is InChI=1S/C19H19NO7/c1-3-25-15-10-8-14(9-11-15)19(22)13(2)27-18(21)12-26-17-7-5-4-6-16(17)20(23)24/h4-11,13H,3,12H2,1-2H3/t13-/m0/s1. The van der Waals surface area contributed by atoms with Gasteiger partial charge in [-0.25, -0.2) is 4.79 Å². The van der Waals surface area contributed by atoms with E-state index >= 15 is 0 Å². The van der Waals surface area contributed by atoms with Gasteiger partial charge in [0, 0.05) is 11.6 Å². The van der Waals surface area contributed by atoms with E-state index in [0.29, 0.717) is 17.9 Å². The lowest BCUT2D eigenvalue weighted by atomic mass is 10.1. The fourth-order valence-electron chi connectivity index (χ4n) is 2.27. The van der Waals surface area contributed by atoms with Crippen LogP contribution in [-0.4, -0.2) is 36.0 Å². The molecule has 2 aromatic rings. The van der Waals surface area contributed by atoms with Crippen LogP contribution in [0.4, 0.5) is 5.69 Å². The molecule has 0 heterocycles. The van der Waals surface area contributed by atoms with Crippen molar-refractivity contribution in [2.24, 2.45) is 0 Å².